The smallest absolute Gasteiger partial charge is 0.412 e. The van der Waals surface area contributed by atoms with Gasteiger partial charge in [0.1, 0.15) is 11.3 Å². The molecule has 19 heavy (non-hydrogen) atoms. The van der Waals surface area contributed by atoms with Crippen LogP contribution in [0.15, 0.2) is 0 Å². The SMILES string of the molecule is CC(C)(C)OC(=O)N1[C@H](C(O)C2CC2)COC1(C)C. The average Bonchev–Trinajstić information content (AvgIpc) is 2.99. The molecule has 1 aliphatic heterocycles. The standard InChI is InChI=1S/C14H25NO4/c1-13(2,3)19-12(17)15-10(8-18-14(15,4)5)11(16)9-6-7-9/h9-11,16H,6-8H2,1-5H3/t10-,11?/m0/s1. The van der Waals surface area contributed by atoms with Crippen molar-refractivity contribution >= 4 is 6.09 Å². The van der Waals surface area contributed by atoms with Crippen LogP contribution in [0.25, 0.3) is 0 Å². The molecule has 1 amide bonds. The zero-order chi connectivity index (χ0) is 14.4. The molecule has 2 atom stereocenters. The lowest BCUT2D eigenvalue weighted by Crippen LogP contribution is -2.53. The first kappa shape index (κ1) is 14.6. The van der Waals surface area contributed by atoms with Gasteiger partial charge in [-0.15, -0.1) is 0 Å². The summed E-state index contributed by atoms with van der Waals surface area (Å²) in [6.45, 7) is 9.53. The largest absolute Gasteiger partial charge is 0.444 e. The molecule has 1 aliphatic carbocycles. The van der Waals surface area contributed by atoms with Crippen molar-refractivity contribution in [2.75, 3.05) is 6.61 Å². The third-order valence-electron chi connectivity index (χ3n) is 3.61. The molecule has 110 valence electrons. The number of aliphatic hydroxyl groups excluding tert-OH is 1. The van der Waals surface area contributed by atoms with Gasteiger partial charge in [0.25, 0.3) is 0 Å². The zero-order valence-electron chi connectivity index (χ0n) is 12.5. The fourth-order valence-electron chi connectivity index (χ4n) is 2.50. The predicted molar refractivity (Wildman–Crippen MR) is 70.6 cm³/mol. The Morgan fingerprint density at radius 2 is 2.00 bits per heavy atom. The molecule has 1 N–H and O–H groups in total. The maximum atomic E-state index is 12.3. The second-order valence-electron chi connectivity index (χ2n) is 7.00. The molecule has 1 saturated carbocycles. The van der Waals surface area contributed by atoms with Gasteiger partial charge < -0.3 is 14.6 Å². The van der Waals surface area contributed by atoms with E-state index < -0.39 is 23.5 Å². The summed E-state index contributed by atoms with van der Waals surface area (Å²) in [5.41, 5.74) is -1.28. The molecular formula is C14H25NO4. The van der Waals surface area contributed by atoms with Gasteiger partial charge in [-0.1, -0.05) is 0 Å². The summed E-state index contributed by atoms with van der Waals surface area (Å²) in [4.78, 5) is 13.9. The van der Waals surface area contributed by atoms with Crippen molar-refractivity contribution in [3.8, 4) is 0 Å². The highest BCUT2D eigenvalue weighted by atomic mass is 16.6. The van der Waals surface area contributed by atoms with E-state index in [2.05, 4.69) is 0 Å². The first-order valence-electron chi connectivity index (χ1n) is 6.96. The van der Waals surface area contributed by atoms with E-state index in [-0.39, 0.29) is 6.04 Å². The van der Waals surface area contributed by atoms with Crippen molar-refractivity contribution in [2.24, 2.45) is 5.92 Å². The van der Waals surface area contributed by atoms with E-state index in [1.54, 1.807) is 4.90 Å². The summed E-state index contributed by atoms with van der Waals surface area (Å²) in [5.74, 6) is 0.299. The highest BCUT2D eigenvalue weighted by molar-refractivity contribution is 5.70. The Bertz CT molecular complexity index is 357. The summed E-state index contributed by atoms with van der Waals surface area (Å²) in [7, 11) is 0. The van der Waals surface area contributed by atoms with Crippen molar-refractivity contribution in [3.63, 3.8) is 0 Å². The van der Waals surface area contributed by atoms with Crippen LogP contribution in [-0.2, 0) is 9.47 Å². The molecule has 0 aromatic rings. The Kier molecular flexibility index (Phi) is 3.56. The molecule has 0 bridgehead atoms. The van der Waals surface area contributed by atoms with Crippen molar-refractivity contribution in [3.05, 3.63) is 0 Å². The highest BCUT2D eigenvalue weighted by Gasteiger charge is 2.51. The first-order chi connectivity index (χ1) is 8.62. The lowest BCUT2D eigenvalue weighted by atomic mass is 10.1. The molecule has 2 rings (SSSR count). The van der Waals surface area contributed by atoms with Crippen LogP contribution in [-0.4, -0.2) is 46.2 Å². The maximum Gasteiger partial charge on any atom is 0.412 e. The van der Waals surface area contributed by atoms with Crippen LogP contribution in [0.4, 0.5) is 4.79 Å². The third-order valence-corrected chi connectivity index (χ3v) is 3.61. The van der Waals surface area contributed by atoms with Gasteiger partial charge in [-0.25, -0.2) is 4.79 Å². The average molecular weight is 271 g/mol. The van der Waals surface area contributed by atoms with Gasteiger partial charge in [-0.3, -0.25) is 4.90 Å². The number of hydrogen-bond donors (Lipinski definition) is 1. The normalized spacial score (nSPS) is 28.3. The van der Waals surface area contributed by atoms with Gasteiger partial charge in [-0.05, 0) is 53.4 Å². The van der Waals surface area contributed by atoms with Crippen LogP contribution >= 0.6 is 0 Å². The molecule has 0 radical (unpaired) electrons. The van der Waals surface area contributed by atoms with E-state index >= 15 is 0 Å². The van der Waals surface area contributed by atoms with Crippen LogP contribution in [0.1, 0.15) is 47.5 Å². The van der Waals surface area contributed by atoms with Crippen LogP contribution in [0.5, 0.6) is 0 Å². The van der Waals surface area contributed by atoms with Crippen molar-refractivity contribution in [1.29, 1.82) is 0 Å². The molecule has 0 aromatic carbocycles. The molecule has 0 aromatic heterocycles. The fraction of sp³-hybridized carbons (Fsp3) is 0.929. The number of aliphatic hydroxyl groups is 1. The lowest BCUT2D eigenvalue weighted by molar-refractivity contribution is -0.0686. The van der Waals surface area contributed by atoms with Crippen LogP contribution in [0, 0.1) is 5.92 Å². The molecule has 5 heteroatoms. The van der Waals surface area contributed by atoms with E-state index in [1.165, 1.54) is 0 Å². The fourth-order valence-corrected chi connectivity index (χ4v) is 2.50. The molecule has 5 nitrogen and oxygen atoms in total. The highest BCUT2D eigenvalue weighted by Crippen LogP contribution is 2.39. The topological polar surface area (TPSA) is 59.0 Å². The first-order valence-corrected chi connectivity index (χ1v) is 6.96. The third kappa shape index (κ3) is 3.20. The summed E-state index contributed by atoms with van der Waals surface area (Å²) in [6.07, 6.45) is 1.12. The van der Waals surface area contributed by atoms with E-state index in [0.29, 0.717) is 12.5 Å². The Labute approximate surface area is 114 Å². The minimum atomic E-state index is -0.733. The van der Waals surface area contributed by atoms with Gasteiger partial charge in [0.15, 0.2) is 0 Å². The quantitative estimate of drug-likeness (QED) is 0.836. The maximum absolute atomic E-state index is 12.3. The number of nitrogens with zero attached hydrogens (tertiary/aromatic N) is 1. The number of ether oxygens (including phenoxy) is 2. The second kappa shape index (κ2) is 4.63. The minimum Gasteiger partial charge on any atom is -0.444 e. The van der Waals surface area contributed by atoms with E-state index in [1.807, 2.05) is 34.6 Å². The van der Waals surface area contributed by atoms with Gasteiger partial charge in [0.2, 0.25) is 0 Å². The minimum absolute atomic E-state index is 0.299. The van der Waals surface area contributed by atoms with Gasteiger partial charge >= 0.3 is 6.09 Å². The number of hydrogen-bond acceptors (Lipinski definition) is 4. The summed E-state index contributed by atoms with van der Waals surface area (Å²) < 4.78 is 11.1. The van der Waals surface area contributed by atoms with Crippen LogP contribution in [0.2, 0.25) is 0 Å². The monoisotopic (exact) mass is 271 g/mol. The number of carbonyl (C=O) groups excluding carboxylic acids is 1. The molecule has 2 aliphatic rings. The Balaban J connectivity index is 2.13. The lowest BCUT2D eigenvalue weighted by Gasteiger charge is -2.36. The summed E-state index contributed by atoms with van der Waals surface area (Å²) in [5, 5.41) is 10.3. The number of rotatable bonds is 2. The summed E-state index contributed by atoms with van der Waals surface area (Å²) in [6, 6.07) is -0.308. The van der Waals surface area contributed by atoms with Crippen molar-refractivity contribution in [2.45, 2.75) is 70.9 Å². The number of amides is 1. The molecule has 1 heterocycles. The Hall–Kier alpha value is -0.810. The van der Waals surface area contributed by atoms with Crippen molar-refractivity contribution in [1.82, 2.24) is 4.90 Å². The van der Waals surface area contributed by atoms with Gasteiger partial charge in [0.05, 0.1) is 18.8 Å². The molecule has 2 fully saturated rings. The van der Waals surface area contributed by atoms with Gasteiger partial charge in [-0.2, -0.15) is 0 Å². The molecule has 0 spiro atoms. The predicted octanol–water partition coefficient (Wildman–Crippen LogP) is 2.13. The molecule has 1 unspecified atom stereocenters. The zero-order valence-corrected chi connectivity index (χ0v) is 12.5. The van der Waals surface area contributed by atoms with E-state index in [0.717, 1.165) is 12.8 Å². The molecule has 1 saturated heterocycles. The summed E-state index contributed by atoms with van der Waals surface area (Å²) >= 11 is 0. The van der Waals surface area contributed by atoms with Crippen LogP contribution in [0.3, 0.4) is 0 Å². The van der Waals surface area contributed by atoms with Crippen molar-refractivity contribution < 1.29 is 19.4 Å². The second-order valence-corrected chi connectivity index (χ2v) is 7.00. The van der Waals surface area contributed by atoms with E-state index in [9.17, 15) is 9.90 Å². The molecular weight excluding hydrogens is 246 g/mol. The van der Waals surface area contributed by atoms with E-state index in [4.69, 9.17) is 9.47 Å². The van der Waals surface area contributed by atoms with Gasteiger partial charge in [0, 0.05) is 0 Å². The Morgan fingerprint density at radius 3 is 2.47 bits per heavy atom. The van der Waals surface area contributed by atoms with Crippen LogP contribution < -0.4 is 0 Å². The number of carbonyl (C=O) groups is 1. The Morgan fingerprint density at radius 1 is 1.42 bits per heavy atom.